The Balaban J connectivity index is 1.84. The van der Waals surface area contributed by atoms with Gasteiger partial charge in [0, 0.05) is 17.2 Å². The molecule has 25 heavy (non-hydrogen) atoms. The molecule has 0 unspecified atom stereocenters. The SMILES string of the molecule is CSc1ccc(Cl)c(C(=O)OCc2cc(=O)n3cccc(C)c3n2)c1. The number of halogens is 1. The minimum atomic E-state index is -0.548. The highest BCUT2D eigenvalue weighted by Crippen LogP contribution is 2.24. The summed E-state index contributed by atoms with van der Waals surface area (Å²) in [6.07, 6.45) is 3.56. The van der Waals surface area contributed by atoms with Crippen LogP contribution in [0.4, 0.5) is 0 Å². The molecule has 5 nitrogen and oxygen atoms in total. The first-order valence-electron chi connectivity index (χ1n) is 7.48. The fraction of sp³-hybridized carbons (Fsp3) is 0.167. The third-order valence-corrected chi connectivity index (χ3v) is 4.74. The van der Waals surface area contributed by atoms with E-state index in [1.807, 2.05) is 25.3 Å². The van der Waals surface area contributed by atoms with Crippen LogP contribution >= 0.6 is 23.4 Å². The number of esters is 1. The van der Waals surface area contributed by atoms with Crippen molar-refractivity contribution in [1.82, 2.24) is 9.38 Å². The molecule has 0 bridgehead atoms. The van der Waals surface area contributed by atoms with E-state index in [-0.39, 0.29) is 12.2 Å². The lowest BCUT2D eigenvalue weighted by atomic mass is 10.2. The van der Waals surface area contributed by atoms with Gasteiger partial charge in [-0.25, -0.2) is 9.78 Å². The number of aromatic nitrogens is 2. The molecule has 2 heterocycles. The van der Waals surface area contributed by atoms with E-state index in [9.17, 15) is 9.59 Å². The van der Waals surface area contributed by atoms with Gasteiger partial charge in [0.2, 0.25) is 0 Å². The molecule has 3 rings (SSSR count). The van der Waals surface area contributed by atoms with Gasteiger partial charge in [-0.2, -0.15) is 0 Å². The average Bonchev–Trinajstić information content (AvgIpc) is 2.61. The fourth-order valence-electron chi connectivity index (χ4n) is 2.39. The summed E-state index contributed by atoms with van der Waals surface area (Å²) < 4.78 is 6.75. The Hall–Kier alpha value is -2.31. The van der Waals surface area contributed by atoms with E-state index in [1.165, 1.54) is 22.2 Å². The Labute approximate surface area is 153 Å². The van der Waals surface area contributed by atoms with Gasteiger partial charge in [0.1, 0.15) is 12.3 Å². The number of carbonyl (C=O) groups is 1. The molecule has 0 atom stereocenters. The molecule has 0 amide bonds. The zero-order chi connectivity index (χ0) is 18.0. The molecule has 0 aliphatic heterocycles. The van der Waals surface area contributed by atoms with Crippen molar-refractivity contribution >= 4 is 35.0 Å². The molecule has 0 fully saturated rings. The van der Waals surface area contributed by atoms with Gasteiger partial charge < -0.3 is 4.74 Å². The first-order chi connectivity index (χ1) is 12.0. The van der Waals surface area contributed by atoms with Gasteiger partial charge in [-0.3, -0.25) is 9.20 Å². The maximum absolute atomic E-state index is 12.3. The van der Waals surface area contributed by atoms with Crippen molar-refractivity contribution in [2.45, 2.75) is 18.4 Å². The Kier molecular flexibility index (Phi) is 5.11. The number of nitrogens with zero attached hydrogens (tertiary/aromatic N) is 2. The molecule has 0 radical (unpaired) electrons. The van der Waals surface area contributed by atoms with E-state index >= 15 is 0 Å². The Morgan fingerprint density at radius 1 is 1.32 bits per heavy atom. The summed E-state index contributed by atoms with van der Waals surface area (Å²) >= 11 is 7.58. The van der Waals surface area contributed by atoms with Crippen molar-refractivity contribution in [3.05, 3.63) is 74.8 Å². The topological polar surface area (TPSA) is 60.7 Å². The minimum absolute atomic E-state index is 0.0985. The van der Waals surface area contributed by atoms with Crippen LogP contribution in [0.5, 0.6) is 0 Å². The summed E-state index contributed by atoms with van der Waals surface area (Å²) in [5, 5.41) is 0.324. The number of aryl methyl sites for hydroxylation is 1. The highest BCUT2D eigenvalue weighted by Gasteiger charge is 2.14. The molecule has 3 aromatic rings. The summed E-state index contributed by atoms with van der Waals surface area (Å²) in [7, 11) is 0. The lowest BCUT2D eigenvalue weighted by molar-refractivity contribution is 0.0467. The van der Waals surface area contributed by atoms with Gasteiger partial charge in [0.05, 0.1) is 16.3 Å². The number of thioether (sulfide) groups is 1. The zero-order valence-corrected chi connectivity index (χ0v) is 15.2. The second kappa shape index (κ2) is 7.29. The Morgan fingerprint density at radius 3 is 2.88 bits per heavy atom. The van der Waals surface area contributed by atoms with E-state index in [4.69, 9.17) is 16.3 Å². The smallest absolute Gasteiger partial charge is 0.340 e. The number of pyridine rings is 1. The molecular weight excluding hydrogens is 360 g/mol. The van der Waals surface area contributed by atoms with Crippen LogP contribution in [-0.4, -0.2) is 21.6 Å². The van der Waals surface area contributed by atoms with Crippen LogP contribution in [0.3, 0.4) is 0 Å². The number of hydrogen-bond donors (Lipinski definition) is 0. The first kappa shape index (κ1) is 17.5. The summed E-state index contributed by atoms with van der Waals surface area (Å²) in [5.41, 5.74) is 1.88. The van der Waals surface area contributed by atoms with Crippen LogP contribution in [0.15, 0.2) is 52.3 Å². The lowest BCUT2D eigenvalue weighted by Gasteiger charge is -2.09. The predicted molar refractivity (Wildman–Crippen MR) is 98.6 cm³/mol. The summed E-state index contributed by atoms with van der Waals surface area (Å²) in [6.45, 7) is 1.77. The number of fused-ring (bicyclic) bond motifs is 1. The maximum Gasteiger partial charge on any atom is 0.340 e. The molecule has 128 valence electrons. The van der Waals surface area contributed by atoms with Crippen molar-refractivity contribution in [2.24, 2.45) is 0 Å². The minimum Gasteiger partial charge on any atom is -0.456 e. The molecule has 0 N–H and O–H groups in total. The van der Waals surface area contributed by atoms with Crippen molar-refractivity contribution in [2.75, 3.05) is 6.26 Å². The quantitative estimate of drug-likeness (QED) is 0.514. The third kappa shape index (κ3) is 3.70. The Morgan fingerprint density at radius 2 is 2.12 bits per heavy atom. The van der Waals surface area contributed by atoms with E-state index in [0.717, 1.165) is 10.5 Å². The molecule has 0 saturated heterocycles. The highest BCUT2D eigenvalue weighted by molar-refractivity contribution is 7.98. The van der Waals surface area contributed by atoms with Crippen LogP contribution in [0.25, 0.3) is 5.65 Å². The van der Waals surface area contributed by atoms with Crippen LogP contribution in [0, 0.1) is 6.92 Å². The molecule has 0 aliphatic rings. The van der Waals surface area contributed by atoms with E-state index < -0.39 is 5.97 Å². The zero-order valence-electron chi connectivity index (χ0n) is 13.7. The van der Waals surface area contributed by atoms with Crippen LogP contribution in [0.1, 0.15) is 21.6 Å². The normalized spacial score (nSPS) is 10.8. The van der Waals surface area contributed by atoms with Crippen molar-refractivity contribution in [3.8, 4) is 0 Å². The fourth-order valence-corrected chi connectivity index (χ4v) is 3.02. The molecule has 7 heteroatoms. The molecular formula is C18H15ClN2O3S. The number of hydrogen-bond acceptors (Lipinski definition) is 5. The van der Waals surface area contributed by atoms with Gasteiger partial charge in [0.25, 0.3) is 5.56 Å². The third-order valence-electron chi connectivity index (χ3n) is 3.68. The van der Waals surface area contributed by atoms with Gasteiger partial charge in [-0.15, -0.1) is 11.8 Å². The van der Waals surface area contributed by atoms with E-state index in [2.05, 4.69) is 4.98 Å². The number of rotatable bonds is 4. The van der Waals surface area contributed by atoms with Crippen LogP contribution < -0.4 is 5.56 Å². The number of carbonyl (C=O) groups excluding carboxylic acids is 1. The lowest BCUT2D eigenvalue weighted by Crippen LogP contribution is -2.17. The van der Waals surface area contributed by atoms with E-state index in [1.54, 1.807) is 24.4 Å². The standard InChI is InChI=1S/C18H15ClN2O3S/c1-11-4-3-7-21-16(22)8-12(20-17(11)21)10-24-18(23)14-9-13(25-2)5-6-15(14)19/h3-9H,10H2,1-2H3. The van der Waals surface area contributed by atoms with Gasteiger partial charge in [-0.1, -0.05) is 17.7 Å². The highest BCUT2D eigenvalue weighted by atomic mass is 35.5. The first-order valence-corrected chi connectivity index (χ1v) is 9.08. The molecule has 2 aromatic heterocycles. The molecule has 0 spiro atoms. The molecule has 0 saturated carbocycles. The van der Waals surface area contributed by atoms with Gasteiger partial charge >= 0.3 is 5.97 Å². The average molecular weight is 375 g/mol. The monoisotopic (exact) mass is 374 g/mol. The largest absolute Gasteiger partial charge is 0.456 e. The molecule has 1 aromatic carbocycles. The predicted octanol–water partition coefficient (Wildman–Crippen LogP) is 3.74. The van der Waals surface area contributed by atoms with Gasteiger partial charge in [-0.05, 0) is 43.0 Å². The summed E-state index contributed by atoms with van der Waals surface area (Å²) in [4.78, 5) is 29.8. The second-order valence-corrected chi connectivity index (χ2v) is 6.68. The van der Waals surface area contributed by atoms with Crippen molar-refractivity contribution < 1.29 is 9.53 Å². The van der Waals surface area contributed by atoms with E-state index in [0.29, 0.717) is 21.9 Å². The van der Waals surface area contributed by atoms with Crippen LogP contribution in [-0.2, 0) is 11.3 Å². The summed E-state index contributed by atoms with van der Waals surface area (Å²) in [6, 6.07) is 10.2. The van der Waals surface area contributed by atoms with Crippen molar-refractivity contribution in [3.63, 3.8) is 0 Å². The summed E-state index contributed by atoms with van der Waals surface area (Å²) in [5.74, 6) is -0.548. The maximum atomic E-state index is 12.3. The second-order valence-electron chi connectivity index (χ2n) is 5.39. The molecule has 0 aliphatic carbocycles. The van der Waals surface area contributed by atoms with Crippen molar-refractivity contribution in [1.29, 1.82) is 0 Å². The Bertz CT molecular complexity index is 1020. The number of benzene rings is 1. The van der Waals surface area contributed by atoms with Crippen LogP contribution in [0.2, 0.25) is 5.02 Å². The van der Waals surface area contributed by atoms with Gasteiger partial charge in [0.15, 0.2) is 0 Å². The number of ether oxygens (including phenoxy) is 1.